The molecule has 0 radical (unpaired) electrons. The SMILES string of the molecule is CC(=O)N[C@@H](CCCN=C(N)N)C(=O)N[C@H]1CCC(=O)NCCCC(C(N)=O)NC(=O)[C@H](Cc2c[nH]c3ccccc23)NC(=O)[C@H](CCCN=C(N)N)NC(=O)[C@@H](Cc2ccc(N)cc2)NC(=O)[C@H](C(C)C)NC1=O. The second-order valence-electron chi connectivity index (χ2n) is 18.6. The van der Waals surface area contributed by atoms with Crippen LogP contribution in [0.5, 0.6) is 0 Å². The van der Waals surface area contributed by atoms with E-state index in [1.54, 1.807) is 44.3 Å². The van der Waals surface area contributed by atoms with Gasteiger partial charge in [0.2, 0.25) is 53.2 Å². The number of rotatable bonds is 17. The minimum absolute atomic E-state index is 0.00797. The number of amides is 9. The van der Waals surface area contributed by atoms with E-state index >= 15 is 0 Å². The third-order valence-electron chi connectivity index (χ3n) is 12.2. The van der Waals surface area contributed by atoms with Gasteiger partial charge < -0.3 is 81.9 Å². The maximum atomic E-state index is 14.6. The van der Waals surface area contributed by atoms with Crippen LogP contribution in [-0.4, -0.2) is 132 Å². The van der Waals surface area contributed by atoms with Gasteiger partial charge in [-0.2, -0.15) is 0 Å². The van der Waals surface area contributed by atoms with Crippen LogP contribution in [0.2, 0.25) is 0 Å². The summed E-state index contributed by atoms with van der Waals surface area (Å²) in [6, 6.07) is 4.44. The second-order valence-corrected chi connectivity index (χ2v) is 18.6. The molecule has 2 aromatic carbocycles. The number of aliphatic imine (C=N–C) groups is 2. The van der Waals surface area contributed by atoms with E-state index < -0.39 is 101 Å². The number of guanidine groups is 2. The van der Waals surface area contributed by atoms with Gasteiger partial charge in [-0.3, -0.25) is 53.1 Å². The molecule has 0 aliphatic carbocycles. The molecular weight excluding hydrogens is 971 g/mol. The number of nitrogens with one attached hydrogen (secondary N) is 9. The number of anilines is 1. The van der Waals surface area contributed by atoms with E-state index in [2.05, 4.69) is 57.5 Å². The molecule has 408 valence electrons. The molecule has 1 aliphatic rings. The third kappa shape index (κ3) is 19.8. The van der Waals surface area contributed by atoms with Crippen LogP contribution in [0.4, 0.5) is 5.69 Å². The van der Waals surface area contributed by atoms with Crippen LogP contribution in [0.15, 0.2) is 64.7 Å². The van der Waals surface area contributed by atoms with Crippen molar-refractivity contribution in [2.45, 2.75) is 127 Å². The fourth-order valence-corrected chi connectivity index (χ4v) is 8.21. The van der Waals surface area contributed by atoms with Crippen molar-refractivity contribution in [3.05, 3.63) is 65.9 Å². The fourth-order valence-electron chi connectivity index (χ4n) is 8.21. The minimum atomic E-state index is -1.45. The molecule has 3 aromatic rings. The van der Waals surface area contributed by atoms with Crippen molar-refractivity contribution < 1.29 is 43.2 Å². The molecule has 1 saturated heterocycles. The van der Waals surface area contributed by atoms with E-state index in [4.69, 9.17) is 34.4 Å². The highest BCUT2D eigenvalue weighted by Gasteiger charge is 2.35. The molecule has 9 amide bonds. The van der Waals surface area contributed by atoms with Crippen LogP contribution in [0, 0.1) is 5.92 Å². The smallest absolute Gasteiger partial charge is 0.243 e. The maximum absolute atomic E-state index is 14.6. The van der Waals surface area contributed by atoms with Gasteiger partial charge in [0.15, 0.2) is 11.9 Å². The van der Waals surface area contributed by atoms with Gasteiger partial charge in [0.05, 0.1) is 0 Å². The molecule has 1 aliphatic heterocycles. The van der Waals surface area contributed by atoms with Crippen molar-refractivity contribution in [2.75, 3.05) is 25.4 Å². The van der Waals surface area contributed by atoms with Gasteiger partial charge in [0.25, 0.3) is 0 Å². The summed E-state index contributed by atoms with van der Waals surface area (Å²) in [5, 5.41) is 22.2. The first-order valence-corrected chi connectivity index (χ1v) is 24.8. The highest BCUT2D eigenvalue weighted by atomic mass is 16.2. The predicted octanol–water partition coefficient (Wildman–Crippen LogP) is -3.11. The summed E-state index contributed by atoms with van der Waals surface area (Å²) in [7, 11) is 0. The normalized spacial score (nSPS) is 21.2. The first kappa shape index (κ1) is 59.1. The molecular formula is C49H73N17O9. The molecule has 0 spiro atoms. The number of benzene rings is 2. The van der Waals surface area contributed by atoms with E-state index in [0.717, 1.165) is 10.9 Å². The number of carbonyl (C=O) groups is 9. The lowest BCUT2D eigenvalue weighted by Crippen LogP contribution is -2.61. The molecule has 26 heteroatoms. The molecule has 1 aromatic heterocycles. The molecule has 0 bridgehead atoms. The van der Waals surface area contributed by atoms with Crippen molar-refractivity contribution in [2.24, 2.45) is 44.6 Å². The topological polar surface area (TPSA) is 446 Å². The molecule has 1 fully saturated rings. The number of aromatic nitrogens is 1. The van der Waals surface area contributed by atoms with Gasteiger partial charge >= 0.3 is 0 Å². The highest BCUT2D eigenvalue weighted by molar-refractivity contribution is 5.98. The Labute approximate surface area is 434 Å². The second kappa shape index (κ2) is 29.3. The van der Waals surface area contributed by atoms with E-state index in [0.29, 0.717) is 16.8 Å². The number of nitrogen functional groups attached to an aromatic ring is 1. The lowest BCUT2D eigenvalue weighted by atomic mass is 9.99. The molecule has 21 N–H and O–H groups in total. The number of hydrogen-bond donors (Lipinski definition) is 15. The number of H-pyrrole nitrogens is 1. The van der Waals surface area contributed by atoms with E-state index in [9.17, 15) is 43.2 Å². The van der Waals surface area contributed by atoms with Crippen LogP contribution in [0.25, 0.3) is 10.9 Å². The standard InChI is InChI=1S/C49H73N17O9/c1-26(2)40-47(75)65-37(23-28-14-16-30(50)17-15-28)45(73)62-35(13-8-22-58-49(54)55)43(71)64-38(24-29-25-59-32-10-5-4-9-31(29)32)46(74)61-33(41(51)69)11-6-20-56-39(68)19-18-36(44(72)66-40)63-42(70)34(60-27(3)67)12-7-21-57-48(52)53/h4-5,9-10,14-17,25-26,33-38,40,59H,6-8,11-13,18-24,50H2,1-3H3,(H2,51,69)(H,56,68)(H,60,67)(H,61,74)(H,62,73)(H,63,70)(H,64,71)(H,65,75)(H,66,72)(H4,52,53,57)(H4,54,55,58)/t33?,34-,35-,36-,37+,38-,40-/m0/s1. The number of aromatic amines is 1. The summed E-state index contributed by atoms with van der Waals surface area (Å²) < 4.78 is 0. The summed E-state index contributed by atoms with van der Waals surface area (Å²) in [6.07, 6.45) is 1.35. The fraction of sp³-hybridized carbons (Fsp3) is 0.490. The number of hydrogen-bond acceptors (Lipinski definition) is 12. The number of nitrogens with zero attached hydrogens (tertiary/aromatic N) is 2. The summed E-state index contributed by atoms with van der Waals surface area (Å²) in [5.74, 6) is -7.90. The predicted molar refractivity (Wildman–Crippen MR) is 281 cm³/mol. The Morgan fingerprint density at radius 1 is 0.720 bits per heavy atom. The first-order chi connectivity index (χ1) is 35.6. The molecule has 0 saturated carbocycles. The third-order valence-corrected chi connectivity index (χ3v) is 12.2. The Balaban J connectivity index is 1.77. The van der Waals surface area contributed by atoms with Gasteiger partial charge in [-0.25, -0.2) is 0 Å². The average Bonchev–Trinajstić information content (AvgIpc) is 3.76. The van der Waals surface area contributed by atoms with Crippen LogP contribution >= 0.6 is 0 Å². The zero-order valence-corrected chi connectivity index (χ0v) is 42.5. The molecule has 1 unspecified atom stereocenters. The Hall–Kier alpha value is -8.45. The number of carbonyl (C=O) groups excluding carboxylic acids is 9. The lowest BCUT2D eigenvalue weighted by Gasteiger charge is -2.29. The molecule has 26 nitrogen and oxygen atoms in total. The monoisotopic (exact) mass is 1040 g/mol. The Morgan fingerprint density at radius 3 is 1.99 bits per heavy atom. The van der Waals surface area contributed by atoms with Crippen molar-refractivity contribution in [1.82, 2.24) is 47.5 Å². The quantitative estimate of drug-likeness (QED) is 0.0276. The summed E-state index contributed by atoms with van der Waals surface area (Å²) >= 11 is 0. The van der Waals surface area contributed by atoms with Crippen molar-refractivity contribution in [3.8, 4) is 0 Å². The van der Waals surface area contributed by atoms with Gasteiger partial charge in [-0.15, -0.1) is 0 Å². The Morgan fingerprint density at radius 2 is 1.33 bits per heavy atom. The van der Waals surface area contributed by atoms with E-state index in [1.807, 2.05) is 24.3 Å². The summed E-state index contributed by atoms with van der Waals surface area (Å²) in [5.41, 5.74) is 36.1. The lowest BCUT2D eigenvalue weighted by molar-refractivity contribution is -0.136. The number of primary amides is 1. The van der Waals surface area contributed by atoms with Crippen LogP contribution in [-0.2, 0) is 56.0 Å². The zero-order valence-electron chi connectivity index (χ0n) is 42.5. The van der Waals surface area contributed by atoms with Crippen molar-refractivity contribution in [3.63, 3.8) is 0 Å². The molecule has 2 heterocycles. The minimum Gasteiger partial charge on any atom is -0.399 e. The maximum Gasteiger partial charge on any atom is 0.243 e. The Kier molecular flexibility index (Phi) is 23.1. The van der Waals surface area contributed by atoms with Crippen LogP contribution in [0.3, 0.4) is 0 Å². The largest absolute Gasteiger partial charge is 0.399 e. The first-order valence-electron chi connectivity index (χ1n) is 24.8. The van der Waals surface area contributed by atoms with E-state index in [1.165, 1.54) is 6.92 Å². The van der Waals surface area contributed by atoms with Crippen molar-refractivity contribution in [1.29, 1.82) is 0 Å². The molecule has 4 rings (SSSR count). The van der Waals surface area contributed by atoms with Gasteiger partial charge in [0.1, 0.15) is 42.3 Å². The number of nitrogens with two attached hydrogens (primary N) is 6. The molecule has 75 heavy (non-hydrogen) atoms. The van der Waals surface area contributed by atoms with E-state index in [-0.39, 0.29) is 95.8 Å². The van der Waals surface area contributed by atoms with Gasteiger partial charge in [-0.1, -0.05) is 44.2 Å². The van der Waals surface area contributed by atoms with Gasteiger partial charge in [0, 0.05) is 68.6 Å². The zero-order chi connectivity index (χ0) is 55.2. The molecule has 7 atom stereocenters. The van der Waals surface area contributed by atoms with Crippen LogP contribution < -0.4 is 76.9 Å². The number of para-hydroxylation sites is 1. The summed E-state index contributed by atoms with van der Waals surface area (Å²) in [6.45, 7) is 4.66. The summed E-state index contributed by atoms with van der Waals surface area (Å²) in [4.78, 5) is 135. The van der Waals surface area contributed by atoms with Crippen LogP contribution in [0.1, 0.15) is 83.3 Å². The number of fused-ring (bicyclic) bond motifs is 1. The highest BCUT2D eigenvalue weighted by Crippen LogP contribution is 2.20. The van der Waals surface area contributed by atoms with Crippen molar-refractivity contribution >= 4 is 81.7 Å². The average molecular weight is 1040 g/mol. The van der Waals surface area contributed by atoms with Gasteiger partial charge in [-0.05, 0) is 80.2 Å². The Bertz CT molecular complexity index is 2540.